The summed E-state index contributed by atoms with van der Waals surface area (Å²) in [6.45, 7) is 2.73. The van der Waals surface area contributed by atoms with E-state index in [1.807, 2.05) is 11.9 Å². The Hall–Kier alpha value is -0.980. The molecule has 1 aromatic rings. The SMILES string of the molecule is COCc1nc(N(C)CCOCC2CC2)sc1C=O. The van der Waals surface area contributed by atoms with E-state index in [0.717, 1.165) is 30.5 Å². The first-order valence-corrected chi connectivity index (χ1v) is 7.29. The summed E-state index contributed by atoms with van der Waals surface area (Å²) in [5.74, 6) is 0.792. The molecule has 0 atom stereocenters. The summed E-state index contributed by atoms with van der Waals surface area (Å²) < 4.78 is 10.6. The number of hydrogen-bond acceptors (Lipinski definition) is 6. The van der Waals surface area contributed by atoms with Crippen molar-refractivity contribution in [1.29, 1.82) is 0 Å². The van der Waals surface area contributed by atoms with Crippen LogP contribution < -0.4 is 4.90 Å². The fourth-order valence-electron chi connectivity index (χ4n) is 1.68. The lowest BCUT2D eigenvalue weighted by atomic mass is 10.4. The van der Waals surface area contributed by atoms with Crippen molar-refractivity contribution in [1.82, 2.24) is 4.98 Å². The molecule has 1 aliphatic rings. The quantitative estimate of drug-likeness (QED) is 0.512. The molecular weight excluding hydrogens is 264 g/mol. The maximum absolute atomic E-state index is 11.0. The van der Waals surface area contributed by atoms with E-state index in [0.29, 0.717) is 23.8 Å². The molecule has 0 amide bonds. The van der Waals surface area contributed by atoms with Gasteiger partial charge in [-0.2, -0.15) is 0 Å². The molecule has 1 aromatic heterocycles. The normalized spacial score (nSPS) is 14.6. The standard InChI is InChI=1S/C13H20N2O3S/c1-15(5-6-18-8-10-3-4-10)13-14-11(9-17-2)12(7-16)19-13/h7,10H,3-6,8-9H2,1-2H3. The predicted octanol–water partition coefficient (Wildman–Crippen LogP) is 1.96. The molecule has 0 saturated heterocycles. The third-order valence-electron chi connectivity index (χ3n) is 3.05. The average molecular weight is 284 g/mol. The molecule has 2 rings (SSSR count). The molecule has 0 bridgehead atoms. The molecule has 0 N–H and O–H groups in total. The molecule has 0 radical (unpaired) electrons. The second kappa shape index (κ2) is 6.98. The van der Waals surface area contributed by atoms with Crippen LogP contribution in [0.3, 0.4) is 0 Å². The van der Waals surface area contributed by atoms with Crippen molar-refractivity contribution < 1.29 is 14.3 Å². The molecule has 19 heavy (non-hydrogen) atoms. The van der Waals surface area contributed by atoms with Crippen LogP contribution in [0.5, 0.6) is 0 Å². The molecule has 5 nitrogen and oxygen atoms in total. The number of methoxy groups -OCH3 is 1. The maximum atomic E-state index is 11.0. The second-order valence-electron chi connectivity index (χ2n) is 4.80. The first-order valence-electron chi connectivity index (χ1n) is 6.47. The zero-order chi connectivity index (χ0) is 13.7. The third kappa shape index (κ3) is 4.26. The van der Waals surface area contributed by atoms with Gasteiger partial charge in [-0.15, -0.1) is 0 Å². The summed E-state index contributed by atoms with van der Waals surface area (Å²) in [4.78, 5) is 18.0. The smallest absolute Gasteiger partial charge is 0.186 e. The minimum Gasteiger partial charge on any atom is -0.379 e. The third-order valence-corrected chi connectivity index (χ3v) is 4.19. The molecular formula is C13H20N2O3S. The number of anilines is 1. The zero-order valence-corrected chi connectivity index (χ0v) is 12.2. The number of thiazole rings is 1. The minimum atomic E-state index is 0.372. The van der Waals surface area contributed by atoms with Gasteiger partial charge in [0.1, 0.15) is 0 Å². The van der Waals surface area contributed by atoms with Gasteiger partial charge in [0, 0.05) is 27.3 Å². The summed E-state index contributed by atoms with van der Waals surface area (Å²) in [6.07, 6.45) is 3.46. The van der Waals surface area contributed by atoms with Crippen molar-refractivity contribution in [3.8, 4) is 0 Å². The van der Waals surface area contributed by atoms with Crippen LogP contribution >= 0.6 is 11.3 Å². The summed E-state index contributed by atoms with van der Waals surface area (Å²) in [7, 11) is 3.56. The van der Waals surface area contributed by atoms with Gasteiger partial charge >= 0.3 is 0 Å². The van der Waals surface area contributed by atoms with Gasteiger partial charge in [0.25, 0.3) is 0 Å². The number of nitrogens with zero attached hydrogens (tertiary/aromatic N) is 2. The highest BCUT2D eigenvalue weighted by molar-refractivity contribution is 7.17. The Morgan fingerprint density at radius 2 is 2.32 bits per heavy atom. The number of carbonyl (C=O) groups excluding carboxylic acids is 1. The van der Waals surface area contributed by atoms with Crippen molar-refractivity contribution in [3.63, 3.8) is 0 Å². The van der Waals surface area contributed by atoms with Crippen molar-refractivity contribution in [2.75, 3.05) is 38.8 Å². The number of aldehydes is 1. The molecule has 1 heterocycles. The van der Waals surface area contributed by atoms with Crippen LogP contribution in [-0.2, 0) is 16.1 Å². The Morgan fingerprint density at radius 1 is 1.53 bits per heavy atom. The fourth-order valence-corrected chi connectivity index (χ4v) is 2.55. The number of aromatic nitrogens is 1. The Balaban J connectivity index is 1.82. The van der Waals surface area contributed by atoms with Gasteiger partial charge in [0.05, 0.1) is 23.8 Å². The van der Waals surface area contributed by atoms with Crippen LogP contribution in [-0.4, -0.2) is 45.2 Å². The Bertz CT molecular complexity index is 418. The van der Waals surface area contributed by atoms with Crippen molar-refractivity contribution in [2.24, 2.45) is 5.92 Å². The molecule has 1 aliphatic carbocycles. The second-order valence-corrected chi connectivity index (χ2v) is 5.81. The van der Waals surface area contributed by atoms with Crippen molar-refractivity contribution >= 4 is 22.8 Å². The van der Waals surface area contributed by atoms with E-state index in [9.17, 15) is 4.79 Å². The molecule has 0 unspecified atom stereocenters. The molecule has 0 aliphatic heterocycles. The lowest BCUT2D eigenvalue weighted by Crippen LogP contribution is -2.22. The summed E-state index contributed by atoms with van der Waals surface area (Å²) in [6, 6.07) is 0. The molecule has 0 spiro atoms. The summed E-state index contributed by atoms with van der Waals surface area (Å²) in [5.41, 5.74) is 0.711. The Kier molecular flexibility index (Phi) is 5.30. The highest BCUT2D eigenvalue weighted by Gasteiger charge is 2.21. The van der Waals surface area contributed by atoms with E-state index >= 15 is 0 Å². The van der Waals surface area contributed by atoms with Crippen molar-refractivity contribution in [3.05, 3.63) is 10.6 Å². The zero-order valence-electron chi connectivity index (χ0n) is 11.4. The fraction of sp³-hybridized carbons (Fsp3) is 0.692. The van der Waals surface area contributed by atoms with Gasteiger partial charge in [-0.3, -0.25) is 4.79 Å². The van der Waals surface area contributed by atoms with Crippen LogP contribution in [0.4, 0.5) is 5.13 Å². The largest absolute Gasteiger partial charge is 0.379 e. The Morgan fingerprint density at radius 3 is 2.95 bits per heavy atom. The first-order chi connectivity index (χ1) is 9.24. The lowest BCUT2D eigenvalue weighted by Gasteiger charge is -2.15. The van der Waals surface area contributed by atoms with E-state index in [2.05, 4.69) is 4.98 Å². The highest BCUT2D eigenvalue weighted by Crippen LogP contribution is 2.29. The predicted molar refractivity (Wildman–Crippen MR) is 75.0 cm³/mol. The van der Waals surface area contributed by atoms with Gasteiger partial charge in [0.2, 0.25) is 0 Å². The maximum Gasteiger partial charge on any atom is 0.186 e. The van der Waals surface area contributed by atoms with Crippen LogP contribution in [0.25, 0.3) is 0 Å². The number of ether oxygens (including phenoxy) is 2. The number of rotatable bonds is 9. The molecule has 1 saturated carbocycles. The number of carbonyl (C=O) groups is 1. The summed E-state index contributed by atoms with van der Waals surface area (Å²) in [5, 5.41) is 0.837. The van der Waals surface area contributed by atoms with E-state index in [1.54, 1.807) is 7.11 Å². The topological polar surface area (TPSA) is 51.7 Å². The Labute approximate surface area is 117 Å². The minimum absolute atomic E-state index is 0.372. The molecule has 1 fully saturated rings. The summed E-state index contributed by atoms with van der Waals surface area (Å²) >= 11 is 1.40. The molecule has 6 heteroatoms. The lowest BCUT2D eigenvalue weighted by molar-refractivity contribution is 0.112. The van der Waals surface area contributed by atoms with Crippen LogP contribution in [0.15, 0.2) is 0 Å². The van der Waals surface area contributed by atoms with E-state index in [4.69, 9.17) is 9.47 Å². The molecule has 106 valence electrons. The van der Waals surface area contributed by atoms with Gasteiger partial charge < -0.3 is 14.4 Å². The number of hydrogen-bond donors (Lipinski definition) is 0. The van der Waals surface area contributed by atoms with Gasteiger partial charge in [-0.25, -0.2) is 4.98 Å². The monoisotopic (exact) mass is 284 g/mol. The highest BCUT2D eigenvalue weighted by atomic mass is 32.1. The number of likely N-dealkylation sites (N-methyl/N-ethyl adjacent to an activating group) is 1. The van der Waals surface area contributed by atoms with E-state index in [1.165, 1.54) is 24.2 Å². The first kappa shape index (κ1) is 14.4. The van der Waals surface area contributed by atoms with Crippen LogP contribution in [0.1, 0.15) is 28.2 Å². The van der Waals surface area contributed by atoms with Gasteiger partial charge in [-0.05, 0) is 18.8 Å². The molecule has 0 aromatic carbocycles. The van der Waals surface area contributed by atoms with E-state index in [-0.39, 0.29) is 0 Å². The van der Waals surface area contributed by atoms with E-state index < -0.39 is 0 Å². The van der Waals surface area contributed by atoms with Gasteiger partial charge in [0.15, 0.2) is 11.4 Å². The van der Waals surface area contributed by atoms with Gasteiger partial charge in [-0.1, -0.05) is 11.3 Å². The van der Waals surface area contributed by atoms with Crippen LogP contribution in [0, 0.1) is 5.92 Å². The van der Waals surface area contributed by atoms with Crippen molar-refractivity contribution in [2.45, 2.75) is 19.4 Å². The average Bonchev–Trinajstić information content (AvgIpc) is 3.14. The van der Waals surface area contributed by atoms with Crippen LogP contribution in [0.2, 0.25) is 0 Å².